The van der Waals surface area contributed by atoms with Gasteiger partial charge in [0.05, 0.1) is 6.10 Å². The van der Waals surface area contributed by atoms with Crippen LogP contribution in [0.25, 0.3) is 0 Å². The second-order valence-corrected chi connectivity index (χ2v) is 5.18. The molecule has 0 radical (unpaired) electrons. The van der Waals surface area contributed by atoms with Crippen LogP contribution in [-0.2, 0) is 4.74 Å². The highest BCUT2D eigenvalue weighted by Gasteiger charge is 2.18. The number of unbranched alkanes of at least 4 members (excludes halogenated alkanes) is 4. The molecule has 0 saturated carbocycles. The lowest BCUT2D eigenvalue weighted by Crippen LogP contribution is -2.41. The van der Waals surface area contributed by atoms with Gasteiger partial charge in [0, 0.05) is 12.6 Å². The average Bonchev–Trinajstić information content (AvgIpc) is 2.38. The summed E-state index contributed by atoms with van der Waals surface area (Å²) in [6.07, 6.45) is 10.6. The maximum absolute atomic E-state index is 6.08. The fourth-order valence-corrected chi connectivity index (χ4v) is 2.45. The monoisotopic (exact) mass is 257 g/mol. The minimum absolute atomic E-state index is 0.399. The van der Waals surface area contributed by atoms with Crippen LogP contribution in [0.4, 0.5) is 0 Å². The molecule has 2 unspecified atom stereocenters. The van der Waals surface area contributed by atoms with Crippen molar-refractivity contribution in [3.63, 3.8) is 0 Å². The number of hydrogen-bond donors (Lipinski definition) is 1. The predicted molar refractivity (Wildman–Crippen MR) is 81.2 cm³/mol. The highest BCUT2D eigenvalue weighted by atomic mass is 16.5. The van der Waals surface area contributed by atoms with E-state index in [0.717, 1.165) is 19.6 Å². The van der Waals surface area contributed by atoms with Crippen LogP contribution in [-0.4, -0.2) is 25.3 Å². The molecule has 0 bridgehead atoms. The van der Waals surface area contributed by atoms with Crippen LogP contribution in [0.5, 0.6) is 0 Å². The third-order valence-electron chi connectivity index (χ3n) is 3.50. The van der Waals surface area contributed by atoms with Crippen molar-refractivity contribution in [1.82, 2.24) is 5.32 Å². The largest absolute Gasteiger partial charge is 0.377 e. The summed E-state index contributed by atoms with van der Waals surface area (Å²) < 4.78 is 6.08. The number of nitrogens with one attached hydrogen (secondary N) is 1. The van der Waals surface area contributed by atoms with E-state index < -0.39 is 0 Å². The van der Waals surface area contributed by atoms with Crippen LogP contribution < -0.4 is 5.32 Å². The fraction of sp³-hybridized carbons (Fsp3) is 1.00. The molecule has 0 aromatic carbocycles. The quantitative estimate of drug-likeness (QED) is 0.489. The molecule has 0 aliphatic rings. The molecule has 2 nitrogen and oxygen atoms in total. The SMILES string of the molecule is CCCCCCCOC(CC)C(CCC)NCC. The number of rotatable bonds is 13. The van der Waals surface area contributed by atoms with Crippen LogP contribution in [0.1, 0.15) is 79.1 Å². The Morgan fingerprint density at radius 2 is 1.61 bits per heavy atom. The maximum Gasteiger partial charge on any atom is 0.0725 e. The summed E-state index contributed by atoms with van der Waals surface area (Å²) in [5, 5.41) is 3.57. The average molecular weight is 257 g/mol. The third-order valence-corrected chi connectivity index (χ3v) is 3.50. The van der Waals surface area contributed by atoms with E-state index in [1.54, 1.807) is 0 Å². The van der Waals surface area contributed by atoms with Gasteiger partial charge in [0.25, 0.3) is 0 Å². The molecule has 18 heavy (non-hydrogen) atoms. The highest BCUT2D eigenvalue weighted by Crippen LogP contribution is 2.12. The molecule has 0 aliphatic heterocycles. The maximum atomic E-state index is 6.08. The zero-order chi connectivity index (χ0) is 13.6. The Balaban J connectivity index is 3.77. The van der Waals surface area contributed by atoms with E-state index in [4.69, 9.17) is 4.74 Å². The Morgan fingerprint density at radius 3 is 2.17 bits per heavy atom. The van der Waals surface area contributed by atoms with Gasteiger partial charge >= 0.3 is 0 Å². The lowest BCUT2D eigenvalue weighted by molar-refractivity contribution is 0.0198. The summed E-state index contributed by atoms with van der Waals surface area (Å²) in [5.74, 6) is 0. The molecule has 110 valence electrons. The van der Waals surface area contributed by atoms with Gasteiger partial charge in [0.2, 0.25) is 0 Å². The topological polar surface area (TPSA) is 21.3 Å². The van der Waals surface area contributed by atoms with Crippen molar-refractivity contribution in [2.45, 2.75) is 91.2 Å². The molecule has 0 saturated heterocycles. The fourth-order valence-electron chi connectivity index (χ4n) is 2.45. The van der Waals surface area contributed by atoms with Gasteiger partial charge in [-0.1, -0.05) is 59.8 Å². The lowest BCUT2D eigenvalue weighted by atomic mass is 10.0. The number of likely N-dealkylation sites (N-methyl/N-ethyl adjacent to an activating group) is 1. The van der Waals surface area contributed by atoms with E-state index in [9.17, 15) is 0 Å². The van der Waals surface area contributed by atoms with Crippen LogP contribution in [0, 0.1) is 0 Å². The van der Waals surface area contributed by atoms with Gasteiger partial charge in [-0.05, 0) is 25.8 Å². The van der Waals surface area contributed by atoms with Gasteiger partial charge in [-0.2, -0.15) is 0 Å². The summed E-state index contributed by atoms with van der Waals surface area (Å²) in [5.41, 5.74) is 0. The molecule has 1 N–H and O–H groups in total. The summed E-state index contributed by atoms with van der Waals surface area (Å²) in [4.78, 5) is 0. The van der Waals surface area contributed by atoms with Crippen molar-refractivity contribution in [1.29, 1.82) is 0 Å². The second kappa shape index (κ2) is 13.4. The van der Waals surface area contributed by atoms with Crippen molar-refractivity contribution < 1.29 is 4.74 Å². The molecule has 0 rings (SSSR count). The van der Waals surface area contributed by atoms with Crippen molar-refractivity contribution >= 4 is 0 Å². The third kappa shape index (κ3) is 8.93. The van der Waals surface area contributed by atoms with Crippen LogP contribution in [0.15, 0.2) is 0 Å². The first-order valence-corrected chi connectivity index (χ1v) is 8.14. The van der Waals surface area contributed by atoms with E-state index in [1.807, 2.05) is 0 Å². The Bertz CT molecular complexity index is 155. The molecular formula is C16H35NO. The Labute approximate surface area is 115 Å². The van der Waals surface area contributed by atoms with E-state index in [0.29, 0.717) is 12.1 Å². The van der Waals surface area contributed by atoms with Crippen molar-refractivity contribution in [3.05, 3.63) is 0 Å². The smallest absolute Gasteiger partial charge is 0.0725 e. The molecule has 2 heteroatoms. The number of hydrogen-bond acceptors (Lipinski definition) is 2. The Hall–Kier alpha value is -0.0800. The minimum atomic E-state index is 0.399. The lowest BCUT2D eigenvalue weighted by Gasteiger charge is -2.27. The summed E-state index contributed by atoms with van der Waals surface area (Å²) in [6.45, 7) is 10.9. The van der Waals surface area contributed by atoms with Gasteiger partial charge < -0.3 is 10.1 Å². The first-order valence-electron chi connectivity index (χ1n) is 8.14. The van der Waals surface area contributed by atoms with E-state index in [-0.39, 0.29) is 0 Å². The van der Waals surface area contributed by atoms with Gasteiger partial charge in [-0.3, -0.25) is 0 Å². The molecule has 0 heterocycles. The molecule has 0 amide bonds. The van der Waals surface area contributed by atoms with Gasteiger partial charge in [-0.25, -0.2) is 0 Å². The van der Waals surface area contributed by atoms with Crippen molar-refractivity contribution in [2.75, 3.05) is 13.2 Å². The molecule has 2 atom stereocenters. The van der Waals surface area contributed by atoms with Gasteiger partial charge in [0.1, 0.15) is 0 Å². The zero-order valence-corrected chi connectivity index (χ0v) is 13.1. The predicted octanol–water partition coefficient (Wildman–Crippen LogP) is 4.53. The molecule has 0 aromatic rings. The van der Waals surface area contributed by atoms with Crippen molar-refractivity contribution in [2.24, 2.45) is 0 Å². The first-order chi connectivity index (χ1) is 8.79. The summed E-state index contributed by atoms with van der Waals surface area (Å²) in [7, 11) is 0. The highest BCUT2D eigenvalue weighted by molar-refractivity contribution is 4.75. The Morgan fingerprint density at radius 1 is 0.889 bits per heavy atom. The Kier molecular flexibility index (Phi) is 13.3. The van der Waals surface area contributed by atoms with E-state index in [1.165, 1.54) is 44.9 Å². The molecule has 0 aromatic heterocycles. The molecule has 0 fully saturated rings. The number of ether oxygens (including phenoxy) is 1. The molecular weight excluding hydrogens is 222 g/mol. The molecule has 0 spiro atoms. The van der Waals surface area contributed by atoms with Crippen LogP contribution in [0.2, 0.25) is 0 Å². The normalized spacial score (nSPS) is 14.7. The van der Waals surface area contributed by atoms with Gasteiger partial charge in [0.15, 0.2) is 0 Å². The standard InChI is InChI=1S/C16H35NO/c1-5-9-10-11-12-14-18-16(7-3)15(13-6-2)17-8-4/h15-17H,5-14H2,1-4H3. The minimum Gasteiger partial charge on any atom is -0.377 e. The first kappa shape index (κ1) is 17.9. The van der Waals surface area contributed by atoms with Crippen molar-refractivity contribution in [3.8, 4) is 0 Å². The van der Waals surface area contributed by atoms with E-state index >= 15 is 0 Å². The summed E-state index contributed by atoms with van der Waals surface area (Å²) >= 11 is 0. The van der Waals surface area contributed by atoms with Crippen LogP contribution >= 0.6 is 0 Å². The van der Waals surface area contributed by atoms with Crippen LogP contribution in [0.3, 0.4) is 0 Å². The summed E-state index contributed by atoms with van der Waals surface area (Å²) in [6, 6.07) is 0.542. The molecule has 0 aliphatic carbocycles. The zero-order valence-electron chi connectivity index (χ0n) is 13.1. The second-order valence-electron chi connectivity index (χ2n) is 5.18. The van der Waals surface area contributed by atoms with Gasteiger partial charge in [-0.15, -0.1) is 0 Å². The van der Waals surface area contributed by atoms with E-state index in [2.05, 4.69) is 33.0 Å².